The van der Waals surface area contributed by atoms with Crippen molar-refractivity contribution in [2.45, 2.75) is 31.4 Å². The number of ether oxygens (including phenoxy) is 1. The summed E-state index contributed by atoms with van der Waals surface area (Å²) in [5.41, 5.74) is -0.392. The molecule has 0 bridgehead atoms. The summed E-state index contributed by atoms with van der Waals surface area (Å²) in [6.45, 7) is 2.28. The van der Waals surface area contributed by atoms with Crippen molar-refractivity contribution in [3.8, 4) is 6.07 Å². The zero-order chi connectivity index (χ0) is 14.8. The number of amides is 1. The molecule has 2 atom stereocenters. The van der Waals surface area contributed by atoms with Gasteiger partial charge < -0.3 is 10.1 Å². The topological polar surface area (TPSA) is 62.1 Å². The summed E-state index contributed by atoms with van der Waals surface area (Å²) in [6, 6.07) is 6.16. The molecule has 1 aliphatic rings. The van der Waals surface area contributed by atoms with E-state index < -0.39 is 11.6 Å². The number of hydrogen-bond donors (Lipinski definition) is 1. The van der Waals surface area contributed by atoms with Crippen LogP contribution in [0, 0.1) is 11.3 Å². The third kappa shape index (κ3) is 2.90. The first-order valence-electron chi connectivity index (χ1n) is 6.26. The van der Waals surface area contributed by atoms with Crippen molar-refractivity contribution in [1.82, 2.24) is 5.32 Å². The number of nitriles is 1. The third-order valence-corrected chi connectivity index (χ3v) is 4.23. The first kappa shape index (κ1) is 15.1. The molecule has 0 aromatic heterocycles. The molecular weight excluding hydrogens is 299 g/mol. The molecule has 20 heavy (non-hydrogen) atoms. The van der Waals surface area contributed by atoms with E-state index in [0.717, 1.165) is 6.42 Å². The monoisotopic (exact) mass is 312 g/mol. The Labute approximate surface area is 127 Å². The van der Waals surface area contributed by atoms with Crippen molar-refractivity contribution in [2.75, 3.05) is 6.61 Å². The van der Waals surface area contributed by atoms with Gasteiger partial charge in [-0.2, -0.15) is 5.26 Å². The average molecular weight is 313 g/mol. The van der Waals surface area contributed by atoms with Crippen molar-refractivity contribution in [3.63, 3.8) is 0 Å². The van der Waals surface area contributed by atoms with Gasteiger partial charge >= 0.3 is 0 Å². The van der Waals surface area contributed by atoms with Crippen LogP contribution in [0.25, 0.3) is 0 Å². The lowest BCUT2D eigenvalue weighted by Gasteiger charge is -2.24. The van der Waals surface area contributed by atoms with E-state index in [1.54, 1.807) is 25.1 Å². The predicted octanol–water partition coefficient (Wildman–Crippen LogP) is 3.24. The Bertz CT molecular complexity index is 563. The van der Waals surface area contributed by atoms with Gasteiger partial charge in [0.15, 0.2) is 0 Å². The van der Waals surface area contributed by atoms with E-state index in [1.807, 2.05) is 6.07 Å². The Morgan fingerprint density at radius 2 is 2.30 bits per heavy atom. The number of hydrogen-bond acceptors (Lipinski definition) is 3. The fourth-order valence-corrected chi connectivity index (χ4v) is 2.58. The van der Waals surface area contributed by atoms with Gasteiger partial charge in [-0.25, -0.2) is 0 Å². The summed E-state index contributed by atoms with van der Waals surface area (Å²) in [6.07, 6.45) is 1.47. The molecule has 2 rings (SSSR count). The Balaban J connectivity index is 2.20. The van der Waals surface area contributed by atoms with Crippen LogP contribution in [0.1, 0.15) is 31.4 Å². The second-order valence-corrected chi connectivity index (χ2v) is 5.65. The van der Waals surface area contributed by atoms with Crippen molar-refractivity contribution in [3.05, 3.63) is 33.8 Å². The molecule has 6 heteroatoms. The molecule has 1 heterocycles. The Morgan fingerprint density at radius 1 is 1.55 bits per heavy atom. The number of rotatable bonds is 3. The van der Waals surface area contributed by atoms with Crippen LogP contribution in [0.3, 0.4) is 0 Å². The summed E-state index contributed by atoms with van der Waals surface area (Å²) in [4.78, 5) is 12.2. The minimum absolute atomic E-state index is 0.276. The molecule has 1 fully saturated rings. The van der Waals surface area contributed by atoms with Crippen molar-refractivity contribution >= 4 is 29.1 Å². The summed E-state index contributed by atoms with van der Waals surface area (Å²) in [7, 11) is 0. The van der Waals surface area contributed by atoms with Crippen molar-refractivity contribution in [1.29, 1.82) is 5.26 Å². The summed E-state index contributed by atoms with van der Waals surface area (Å²) in [5.74, 6) is -0.308. The van der Waals surface area contributed by atoms with Gasteiger partial charge in [0.2, 0.25) is 0 Å². The van der Waals surface area contributed by atoms with Gasteiger partial charge in [0.05, 0.1) is 16.1 Å². The lowest BCUT2D eigenvalue weighted by molar-refractivity contribution is -0.139. The quantitative estimate of drug-likeness (QED) is 0.932. The Hall–Kier alpha value is -1.28. The second-order valence-electron chi connectivity index (χ2n) is 4.86. The van der Waals surface area contributed by atoms with E-state index in [9.17, 15) is 10.1 Å². The summed E-state index contributed by atoms with van der Waals surface area (Å²) >= 11 is 12.0. The highest BCUT2D eigenvalue weighted by Gasteiger charge is 2.39. The molecule has 1 aliphatic heterocycles. The van der Waals surface area contributed by atoms with E-state index in [1.165, 1.54) is 0 Å². The zero-order valence-corrected chi connectivity index (χ0v) is 12.5. The highest BCUT2D eigenvalue weighted by atomic mass is 35.5. The SMILES string of the molecule is C[C@@]1(C(=O)N[C@@H](C#N)c2cccc(Cl)c2Cl)CCCO1. The summed E-state index contributed by atoms with van der Waals surface area (Å²) in [5, 5.41) is 12.6. The minimum atomic E-state index is -0.875. The number of carbonyl (C=O) groups is 1. The number of benzene rings is 1. The van der Waals surface area contributed by atoms with Gasteiger partial charge in [-0.05, 0) is 25.8 Å². The van der Waals surface area contributed by atoms with E-state index in [4.69, 9.17) is 27.9 Å². The van der Waals surface area contributed by atoms with Gasteiger partial charge in [-0.3, -0.25) is 4.79 Å². The molecule has 0 radical (unpaired) electrons. The van der Waals surface area contributed by atoms with E-state index in [0.29, 0.717) is 23.6 Å². The molecule has 4 nitrogen and oxygen atoms in total. The molecule has 1 amide bonds. The van der Waals surface area contributed by atoms with Crippen LogP contribution in [0.15, 0.2) is 18.2 Å². The van der Waals surface area contributed by atoms with Crippen LogP contribution in [-0.4, -0.2) is 18.1 Å². The smallest absolute Gasteiger partial charge is 0.253 e. The fraction of sp³-hybridized carbons (Fsp3) is 0.429. The molecule has 0 spiro atoms. The number of nitrogens with zero attached hydrogens (tertiary/aromatic N) is 1. The maximum absolute atomic E-state index is 12.2. The maximum Gasteiger partial charge on any atom is 0.253 e. The summed E-state index contributed by atoms with van der Waals surface area (Å²) < 4.78 is 5.46. The van der Waals surface area contributed by atoms with Crippen LogP contribution in [0.5, 0.6) is 0 Å². The van der Waals surface area contributed by atoms with Crippen LogP contribution in [-0.2, 0) is 9.53 Å². The second kappa shape index (κ2) is 6.01. The number of halogens is 2. The Kier molecular flexibility index (Phi) is 4.54. The van der Waals surface area contributed by atoms with E-state index in [-0.39, 0.29) is 10.9 Å². The normalized spacial score (nSPS) is 23.1. The van der Waals surface area contributed by atoms with Gasteiger partial charge in [-0.1, -0.05) is 35.3 Å². The molecular formula is C14H14Cl2N2O2. The number of carbonyl (C=O) groups excluding carboxylic acids is 1. The van der Waals surface area contributed by atoms with Gasteiger partial charge in [0.1, 0.15) is 11.6 Å². The van der Waals surface area contributed by atoms with Crippen LogP contribution < -0.4 is 5.32 Å². The van der Waals surface area contributed by atoms with Gasteiger partial charge in [0, 0.05) is 12.2 Å². The van der Waals surface area contributed by atoms with Gasteiger partial charge in [0.25, 0.3) is 5.91 Å². The largest absolute Gasteiger partial charge is 0.365 e. The van der Waals surface area contributed by atoms with Crippen LogP contribution >= 0.6 is 23.2 Å². The fourth-order valence-electron chi connectivity index (χ4n) is 2.16. The standard InChI is InChI=1S/C14H14Cl2N2O2/c1-14(6-3-7-20-14)13(19)18-11(8-17)9-4-2-5-10(15)12(9)16/h2,4-5,11H,3,6-7H2,1H3,(H,18,19)/t11-,14-/m0/s1. The molecule has 0 aliphatic carbocycles. The number of nitrogens with one attached hydrogen (secondary N) is 1. The molecule has 0 unspecified atom stereocenters. The zero-order valence-electron chi connectivity index (χ0n) is 11.0. The molecule has 1 aromatic carbocycles. The molecule has 1 aromatic rings. The van der Waals surface area contributed by atoms with Crippen LogP contribution in [0.2, 0.25) is 10.0 Å². The van der Waals surface area contributed by atoms with E-state index in [2.05, 4.69) is 5.32 Å². The van der Waals surface area contributed by atoms with Crippen LogP contribution in [0.4, 0.5) is 0 Å². The van der Waals surface area contributed by atoms with Crippen molar-refractivity contribution < 1.29 is 9.53 Å². The molecule has 0 saturated carbocycles. The van der Waals surface area contributed by atoms with Gasteiger partial charge in [-0.15, -0.1) is 0 Å². The first-order valence-corrected chi connectivity index (χ1v) is 7.02. The Morgan fingerprint density at radius 3 is 2.90 bits per heavy atom. The molecule has 1 N–H and O–H groups in total. The third-order valence-electron chi connectivity index (χ3n) is 3.40. The predicted molar refractivity (Wildman–Crippen MR) is 76.5 cm³/mol. The first-order chi connectivity index (χ1) is 9.48. The lowest BCUT2D eigenvalue weighted by Crippen LogP contribution is -2.45. The maximum atomic E-state index is 12.2. The average Bonchev–Trinajstić information content (AvgIpc) is 2.87. The molecule has 1 saturated heterocycles. The van der Waals surface area contributed by atoms with E-state index >= 15 is 0 Å². The molecule has 106 valence electrons. The highest BCUT2D eigenvalue weighted by Crippen LogP contribution is 2.31. The minimum Gasteiger partial charge on any atom is -0.365 e. The highest BCUT2D eigenvalue weighted by molar-refractivity contribution is 6.42. The van der Waals surface area contributed by atoms with Crippen molar-refractivity contribution in [2.24, 2.45) is 0 Å². The lowest BCUT2D eigenvalue weighted by atomic mass is 10.0.